The first-order valence-electron chi connectivity index (χ1n) is 11.1. The smallest absolute Gasteiger partial charge is 0.343 e. The molecule has 1 saturated carbocycles. The molecule has 3 nitrogen and oxygen atoms in total. The third kappa shape index (κ3) is 6.42. The van der Waals surface area contributed by atoms with E-state index in [1.165, 1.54) is 62.6 Å². The lowest BCUT2D eigenvalue weighted by molar-refractivity contribution is 0.0734. The molecule has 0 saturated heterocycles. The van der Waals surface area contributed by atoms with Crippen LogP contribution in [0.25, 0.3) is 0 Å². The number of unbranched alkanes of at least 4 members (excludes halogenated alkanes) is 1. The van der Waals surface area contributed by atoms with Gasteiger partial charge in [0, 0.05) is 6.07 Å². The lowest BCUT2D eigenvalue weighted by Gasteiger charge is -2.28. The highest BCUT2D eigenvalue weighted by Gasteiger charge is 2.22. The van der Waals surface area contributed by atoms with Crippen LogP contribution in [-0.4, -0.2) is 5.97 Å². The molecule has 0 unspecified atom stereocenters. The summed E-state index contributed by atoms with van der Waals surface area (Å²) in [5.74, 6) is 0.307. The molecule has 30 heavy (non-hydrogen) atoms. The Bertz CT molecular complexity index is 846. The molecule has 0 amide bonds. The van der Waals surface area contributed by atoms with E-state index in [4.69, 9.17) is 10.00 Å². The summed E-state index contributed by atoms with van der Waals surface area (Å²) >= 11 is 0. The van der Waals surface area contributed by atoms with Crippen LogP contribution in [-0.2, 0) is 0 Å². The van der Waals surface area contributed by atoms with Crippen LogP contribution in [0.3, 0.4) is 0 Å². The summed E-state index contributed by atoms with van der Waals surface area (Å²) in [4.78, 5) is 12.3. The maximum atomic E-state index is 13.6. The molecule has 1 aliphatic rings. The van der Waals surface area contributed by atoms with Crippen LogP contribution in [0.5, 0.6) is 5.75 Å². The van der Waals surface area contributed by atoms with Gasteiger partial charge >= 0.3 is 5.97 Å². The summed E-state index contributed by atoms with van der Waals surface area (Å²) < 4.78 is 18.9. The zero-order valence-electron chi connectivity index (χ0n) is 18.3. The van der Waals surface area contributed by atoms with Crippen molar-refractivity contribution >= 4 is 5.97 Å². The fourth-order valence-electron chi connectivity index (χ4n) is 3.98. The number of hydrogen-bond donors (Lipinski definition) is 0. The number of nitrogens with zero attached hydrogens (tertiary/aromatic N) is 1. The van der Waals surface area contributed by atoms with E-state index in [0.29, 0.717) is 11.5 Å². The van der Waals surface area contributed by atoms with E-state index < -0.39 is 11.8 Å². The van der Waals surface area contributed by atoms with Crippen LogP contribution in [0.1, 0.15) is 93.1 Å². The predicted molar refractivity (Wildman–Crippen MR) is 118 cm³/mol. The van der Waals surface area contributed by atoms with E-state index in [1.54, 1.807) is 18.2 Å². The highest BCUT2D eigenvalue weighted by molar-refractivity contribution is 5.91. The Balaban J connectivity index is 0.00000155. The van der Waals surface area contributed by atoms with E-state index >= 15 is 0 Å². The second-order valence-electron chi connectivity index (χ2n) is 7.62. The van der Waals surface area contributed by atoms with Crippen LogP contribution in [0.2, 0.25) is 0 Å². The van der Waals surface area contributed by atoms with E-state index in [0.717, 1.165) is 12.0 Å². The Hall–Kier alpha value is -2.67. The highest BCUT2D eigenvalue weighted by atomic mass is 19.1. The minimum absolute atomic E-state index is 0.0754. The summed E-state index contributed by atoms with van der Waals surface area (Å²) in [5, 5.41) is 8.76. The molecule has 0 N–H and O–H groups in total. The van der Waals surface area contributed by atoms with Gasteiger partial charge in [-0.1, -0.05) is 52.2 Å². The van der Waals surface area contributed by atoms with Gasteiger partial charge in [-0.25, -0.2) is 9.18 Å². The normalized spacial score (nSPS) is 18.0. The maximum Gasteiger partial charge on any atom is 0.343 e. The van der Waals surface area contributed by atoms with Crippen molar-refractivity contribution in [3.63, 3.8) is 0 Å². The first kappa shape index (κ1) is 23.6. The third-order valence-electron chi connectivity index (χ3n) is 5.70. The molecule has 2 aromatic carbocycles. The van der Waals surface area contributed by atoms with E-state index in [2.05, 4.69) is 6.92 Å². The lowest BCUT2D eigenvalue weighted by Crippen LogP contribution is -2.14. The van der Waals surface area contributed by atoms with Crippen LogP contribution >= 0.6 is 0 Å². The molecule has 0 aromatic heterocycles. The van der Waals surface area contributed by atoms with Gasteiger partial charge < -0.3 is 4.74 Å². The van der Waals surface area contributed by atoms with Crippen molar-refractivity contribution in [3.05, 3.63) is 65.0 Å². The Kier molecular flexibility index (Phi) is 9.54. The monoisotopic (exact) mass is 409 g/mol. The van der Waals surface area contributed by atoms with Gasteiger partial charge in [0.2, 0.25) is 0 Å². The number of halogens is 1. The summed E-state index contributed by atoms with van der Waals surface area (Å²) in [6.45, 7) is 6.25. The van der Waals surface area contributed by atoms with Crippen molar-refractivity contribution < 1.29 is 13.9 Å². The fraction of sp³-hybridized carbons (Fsp3) is 0.462. The minimum atomic E-state index is -0.697. The van der Waals surface area contributed by atoms with Crippen molar-refractivity contribution in [3.8, 4) is 11.8 Å². The van der Waals surface area contributed by atoms with Crippen LogP contribution in [0.15, 0.2) is 42.5 Å². The fourth-order valence-corrected chi connectivity index (χ4v) is 3.98. The highest BCUT2D eigenvalue weighted by Crippen LogP contribution is 2.37. The van der Waals surface area contributed by atoms with Crippen molar-refractivity contribution in [2.45, 2.75) is 71.6 Å². The van der Waals surface area contributed by atoms with Gasteiger partial charge in [0.15, 0.2) is 0 Å². The summed E-state index contributed by atoms with van der Waals surface area (Å²) in [5.41, 5.74) is 1.63. The Morgan fingerprint density at radius 2 is 1.77 bits per heavy atom. The Morgan fingerprint density at radius 3 is 2.33 bits per heavy atom. The molecule has 0 atom stereocenters. The number of nitriles is 1. The number of benzene rings is 2. The maximum absolute atomic E-state index is 13.6. The van der Waals surface area contributed by atoms with Crippen molar-refractivity contribution in [2.24, 2.45) is 5.92 Å². The minimum Gasteiger partial charge on any atom is -0.423 e. The van der Waals surface area contributed by atoms with E-state index in [1.807, 2.05) is 26.0 Å². The van der Waals surface area contributed by atoms with Gasteiger partial charge in [-0.2, -0.15) is 5.26 Å². The summed E-state index contributed by atoms with van der Waals surface area (Å²) in [6, 6.07) is 13.1. The lowest BCUT2D eigenvalue weighted by atomic mass is 9.77. The van der Waals surface area contributed by atoms with Gasteiger partial charge in [-0.05, 0) is 67.3 Å². The van der Waals surface area contributed by atoms with Gasteiger partial charge in [0.1, 0.15) is 17.6 Å². The second kappa shape index (κ2) is 12.1. The largest absolute Gasteiger partial charge is 0.423 e. The molecule has 3 rings (SSSR count). The second-order valence-corrected chi connectivity index (χ2v) is 7.62. The van der Waals surface area contributed by atoms with Crippen molar-refractivity contribution in [2.75, 3.05) is 0 Å². The molecule has 0 heterocycles. The Morgan fingerprint density at radius 1 is 1.10 bits per heavy atom. The molecule has 0 spiro atoms. The zero-order valence-corrected chi connectivity index (χ0v) is 18.3. The number of esters is 1. The number of carbonyl (C=O) groups is 1. The van der Waals surface area contributed by atoms with Gasteiger partial charge in [-0.15, -0.1) is 0 Å². The summed E-state index contributed by atoms with van der Waals surface area (Å²) in [6.07, 6.45) is 8.95. The number of rotatable bonds is 6. The van der Waals surface area contributed by atoms with Crippen LogP contribution < -0.4 is 4.74 Å². The molecular weight excluding hydrogens is 377 g/mol. The van der Waals surface area contributed by atoms with Crippen molar-refractivity contribution in [1.29, 1.82) is 5.26 Å². The topological polar surface area (TPSA) is 50.1 Å². The third-order valence-corrected chi connectivity index (χ3v) is 5.70. The number of carbonyl (C=O) groups excluding carboxylic acids is 1. The molecule has 1 fully saturated rings. The summed E-state index contributed by atoms with van der Waals surface area (Å²) in [7, 11) is 0. The van der Waals surface area contributed by atoms with Gasteiger partial charge in [0.25, 0.3) is 0 Å². The zero-order chi connectivity index (χ0) is 21.9. The van der Waals surface area contributed by atoms with Crippen molar-refractivity contribution in [1.82, 2.24) is 0 Å². The number of ether oxygens (including phenoxy) is 1. The first-order chi connectivity index (χ1) is 14.6. The van der Waals surface area contributed by atoms with Gasteiger partial charge in [-0.3, -0.25) is 0 Å². The predicted octanol–water partition coefficient (Wildman–Crippen LogP) is 7.41. The molecule has 160 valence electrons. The first-order valence-corrected chi connectivity index (χ1v) is 11.1. The molecule has 1 aliphatic carbocycles. The van der Waals surface area contributed by atoms with E-state index in [9.17, 15) is 9.18 Å². The standard InChI is InChI=1S/C24H26FNO2.C2H6/c1-2-3-4-17-5-7-18(8-6-17)19-9-11-20(12-10-19)24(27)28-22-14-13-21(16-26)23(25)15-22;1-2/h9-15,17-18H,2-8H2,1H3;1-2H3. The average Bonchev–Trinajstić information content (AvgIpc) is 2.79. The molecular formula is C26H32FNO2. The number of hydrogen-bond acceptors (Lipinski definition) is 3. The molecule has 0 aliphatic heterocycles. The quantitative estimate of drug-likeness (QED) is 0.369. The molecule has 0 radical (unpaired) electrons. The molecule has 0 bridgehead atoms. The van der Waals surface area contributed by atoms with Crippen LogP contribution in [0, 0.1) is 23.1 Å². The average molecular weight is 410 g/mol. The SMILES string of the molecule is CC.CCCCC1CCC(c2ccc(C(=O)Oc3ccc(C#N)c(F)c3)cc2)CC1. The van der Waals surface area contributed by atoms with Gasteiger partial charge in [0.05, 0.1) is 11.1 Å². The molecule has 2 aromatic rings. The Labute approximate surface area is 179 Å². The van der Waals surface area contributed by atoms with E-state index in [-0.39, 0.29) is 11.3 Å². The molecule has 4 heteroatoms. The van der Waals surface area contributed by atoms with Crippen LogP contribution in [0.4, 0.5) is 4.39 Å².